The van der Waals surface area contributed by atoms with Gasteiger partial charge in [-0.05, 0) is 50.6 Å². The Balaban J connectivity index is 2.00. The molecule has 0 aliphatic carbocycles. The summed E-state index contributed by atoms with van der Waals surface area (Å²) in [6, 6.07) is 5.41. The summed E-state index contributed by atoms with van der Waals surface area (Å²) >= 11 is 3.41. The number of piperidine rings is 1. The van der Waals surface area contributed by atoms with E-state index in [-0.39, 0.29) is 0 Å². The van der Waals surface area contributed by atoms with Gasteiger partial charge in [-0.3, -0.25) is 9.69 Å². The number of aliphatic carboxylic acids is 1. The summed E-state index contributed by atoms with van der Waals surface area (Å²) < 4.78 is 0.943. The van der Waals surface area contributed by atoms with Crippen molar-refractivity contribution in [2.75, 3.05) is 13.1 Å². The molecule has 1 aliphatic heterocycles. The van der Waals surface area contributed by atoms with Crippen LogP contribution >= 0.6 is 15.9 Å². The van der Waals surface area contributed by atoms with Crippen LogP contribution in [0.15, 0.2) is 22.7 Å². The van der Waals surface area contributed by atoms with Crippen LogP contribution in [0.25, 0.3) is 0 Å². The lowest BCUT2D eigenvalue weighted by atomic mass is 9.75. The maximum atomic E-state index is 11.6. The zero-order valence-electron chi connectivity index (χ0n) is 12.3. The Morgan fingerprint density at radius 2 is 2.05 bits per heavy atom. The number of likely N-dealkylation sites (tertiary alicyclic amines) is 1. The fraction of sp³-hybridized carbons (Fsp3) is 0.562. The van der Waals surface area contributed by atoms with Crippen molar-refractivity contribution in [2.45, 2.75) is 39.2 Å². The minimum atomic E-state index is -0.658. The van der Waals surface area contributed by atoms with Gasteiger partial charge >= 0.3 is 5.97 Å². The second-order valence-electron chi connectivity index (χ2n) is 5.88. The molecule has 21 heavy (non-hydrogen) atoms. The van der Waals surface area contributed by atoms with Crippen LogP contribution < -0.4 is 0 Å². The molecule has 0 atom stereocenters. The van der Waals surface area contributed by atoms with Crippen LogP contribution in [0.3, 0.4) is 0 Å². The number of aromatic hydroxyl groups is 1. The number of phenolic OH excluding ortho intramolecular Hbond substituents is 1. The summed E-state index contributed by atoms with van der Waals surface area (Å²) in [7, 11) is 0. The van der Waals surface area contributed by atoms with Gasteiger partial charge in [0.15, 0.2) is 0 Å². The molecule has 0 amide bonds. The summed E-state index contributed by atoms with van der Waals surface area (Å²) in [5.74, 6) is -0.365. The first kappa shape index (κ1) is 16.3. The predicted octanol–water partition coefficient (Wildman–Crippen LogP) is 3.62. The molecule has 2 N–H and O–H groups in total. The second-order valence-corrected chi connectivity index (χ2v) is 6.80. The summed E-state index contributed by atoms with van der Waals surface area (Å²) in [6.45, 7) is 4.22. The van der Waals surface area contributed by atoms with Gasteiger partial charge in [-0.1, -0.05) is 29.3 Å². The van der Waals surface area contributed by atoms with Gasteiger partial charge in [0, 0.05) is 16.6 Å². The molecule has 1 aromatic rings. The second kappa shape index (κ2) is 6.79. The Labute approximate surface area is 133 Å². The van der Waals surface area contributed by atoms with Gasteiger partial charge in [0.2, 0.25) is 0 Å². The van der Waals surface area contributed by atoms with E-state index in [1.54, 1.807) is 6.07 Å². The summed E-state index contributed by atoms with van der Waals surface area (Å²) in [4.78, 5) is 13.8. The van der Waals surface area contributed by atoms with Crippen LogP contribution in [0.1, 0.15) is 38.2 Å². The molecule has 116 valence electrons. The lowest BCUT2D eigenvalue weighted by molar-refractivity contribution is -0.152. The lowest BCUT2D eigenvalue weighted by Crippen LogP contribution is -2.44. The van der Waals surface area contributed by atoms with Crippen LogP contribution in [0, 0.1) is 5.41 Å². The smallest absolute Gasteiger partial charge is 0.309 e. The summed E-state index contributed by atoms with van der Waals surface area (Å²) in [6.07, 6.45) is 3.02. The van der Waals surface area contributed by atoms with E-state index in [1.165, 1.54) is 0 Å². The topological polar surface area (TPSA) is 60.8 Å². The Hall–Kier alpha value is -1.07. The number of phenols is 1. The van der Waals surface area contributed by atoms with Crippen molar-refractivity contribution in [1.82, 2.24) is 4.90 Å². The van der Waals surface area contributed by atoms with Crippen LogP contribution in [-0.4, -0.2) is 34.2 Å². The number of hydrogen-bond donors (Lipinski definition) is 2. The van der Waals surface area contributed by atoms with Crippen LogP contribution in [0.2, 0.25) is 0 Å². The van der Waals surface area contributed by atoms with Gasteiger partial charge in [-0.25, -0.2) is 0 Å². The number of carboxylic acid groups (broad SMARTS) is 1. The fourth-order valence-electron chi connectivity index (χ4n) is 3.11. The van der Waals surface area contributed by atoms with Crippen LogP contribution in [0.4, 0.5) is 0 Å². The molecule has 5 heteroatoms. The molecule has 4 nitrogen and oxygen atoms in total. The average molecular weight is 356 g/mol. The van der Waals surface area contributed by atoms with Crippen molar-refractivity contribution in [3.05, 3.63) is 28.2 Å². The van der Waals surface area contributed by atoms with Crippen LogP contribution in [0.5, 0.6) is 5.75 Å². The molecule has 0 spiro atoms. The van der Waals surface area contributed by atoms with E-state index >= 15 is 0 Å². The number of carbonyl (C=O) groups is 1. The van der Waals surface area contributed by atoms with Gasteiger partial charge in [0.05, 0.1) is 5.41 Å². The molecule has 0 saturated carbocycles. The van der Waals surface area contributed by atoms with E-state index in [0.717, 1.165) is 36.0 Å². The van der Waals surface area contributed by atoms with Gasteiger partial charge < -0.3 is 10.2 Å². The molecule has 1 heterocycles. The number of benzene rings is 1. The maximum absolute atomic E-state index is 11.6. The quantitative estimate of drug-likeness (QED) is 0.846. The molecule has 1 aromatic carbocycles. The first-order valence-electron chi connectivity index (χ1n) is 7.40. The largest absolute Gasteiger partial charge is 0.508 e. The Morgan fingerprint density at radius 3 is 2.62 bits per heavy atom. The molecule has 0 unspecified atom stereocenters. The highest BCUT2D eigenvalue weighted by Crippen LogP contribution is 2.37. The predicted molar refractivity (Wildman–Crippen MR) is 85.3 cm³/mol. The highest BCUT2D eigenvalue weighted by atomic mass is 79.9. The normalized spacial score (nSPS) is 18.6. The van der Waals surface area contributed by atoms with Crippen LogP contribution in [-0.2, 0) is 11.3 Å². The van der Waals surface area contributed by atoms with E-state index in [4.69, 9.17) is 0 Å². The first-order chi connectivity index (χ1) is 9.97. The minimum absolute atomic E-state index is 0.293. The number of halogens is 1. The SMILES string of the molecule is CCCC1(C(=O)O)CCN(Cc2cc(Br)ccc2O)CC1. The van der Waals surface area contributed by atoms with Gasteiger partial charge in [0.25, 0.3) is 0 Å². The lowest BCUT2D eigenvalue weighted by Gasteiger charge is -2.39. The van der Waals surface area contributed by atoms with Crippen molar-refractivity contribution < 1.29 is 15.0 Å². The third kappa shape index (κ3) is 3.77. The molecular formula is C16H22BrNO3. The molecule has 1 aliphatic rings. The zero-order valence-corrected chi connectivity index (χ0v) is 13.9. The molecule has 0 bridgehead atoms. The van der Waals surface area contributed by atoms with Crippen molar-refractivity contribution in [1.29, 1.82) is 0 Å². The van der Waals surface area contributed by atoms with Crippen molar-refractivity contribution in [2.24, 2.45) is 5.41 Å². The number of nitrogens with zero attached hydrogens (tertiary/aromatic N) is 1. The third-order valence-corrected chi connectivity index (χ3v) is 4.92. The molecular weight excluding hydrogens is 334 g/mol. The molecule has 0 aromatic heterocycles. The Morgan fingerprint density at radius 1 is 1.38 bits per heavy atom. The standard InChI is InChI=1S/C16H22BrNO3/c1-2-5-16(15(20)21)6-8-18(9-7-16)11-12-10-13(17)3-4-14(12)19/h3-4,10,19H,2,5-9,11H2,1H3,(H,20,21). The Bertz CT molecular complexity index is 510. The highest BCUT2D eigenvalue weighted by molar-refractivity contribution is 9.10. The Kier molecular flexibility index (Phi) is 5.27. The van der Waals surface area contributed by atoms with Gasteiger partial charge in [0.1, 0.15) is 5.75 Å². The average Bonchev–Trinajstić information content (AvgIpc) is 2.45. The summed E-state index contributed by atoms with van der Waals surface area (Å²) in [5.41, 5.74) is 0.326. The van der Waals surface area contributed by atoms with Crippen molar-refractivity contribution >= 4 is 21.9 Å². The third-order valence-electron chi connectivity index (χ3n) is 4.43. The van der Waals surface area contributed by atoms with E-state index in [0.29, 0.717) is 25.1 Å². The summed E-state index contributed by atoms with van der Waals surface area (Å²) in [5, 5.41) is 19.4. The number of rotatable bonds is 5. The van der Waals surface area contributed by atoms with E-state index in [2.05, 4.69) is 20.8 Å². The zero-order chi connectivity index (χ0) is 15.5. The molecule has 1 saturated heterocycles. The first-order valence-corrected chi connectivity index (χ1v) is 8.19. The molecule has 1 fully saturated rings. The number of hydrogen-bond acceptors (Lipinski definition) is 3. The van der Waals surface area contributed by atoms with Crippen molar-refractivity contribution in [3.63, 3.8) is 0 Å². The minimum Gasteiger partial charge on any atom is -0.508 e. The van der Waals surface area contributed by atoms with Gasteiger partial charge in [-0.15, -0.1) is 0 Å². The van der Waals surface area contributed by atoms with E-state index < -0.39 is 11.4 Å². The van der Waals surface area contributed by atoms with E-state index in [9.17, 15) is 15.0 Å². The highest BCUT2D eigenvalue weighted by Gasteiger charge is 2.40. The van der Waals surface area contributed by atoms with Gasteiger partial charge in [-0.2, -0.15) is 0 Å². The van der Waals surface area contributed by atoms with Crippen molar-refractivity contribution in [3.8, 4) is 5.75 Å². The van der Waals surface area contributed by atoms with E-state index in [1.807, 2.05) is 19.1 Å². The maximum Gasteiger partial charge on any atom is 0.309 e. The fourth-order valence-corrected chi connectivity index (χ4v) is 3.52. The molecule has 2 rings (SSSR count). The number of carboxylic acids is 1. The monoisotopic (exact) mass is 355 g/mol. The molecule has 0 radical (unpaired) electrons.